The molecular formula is C22H24F3N7O2. The number of rotatable bonds is 5. The number of benzene rings is 1. The summed E-state index contributed by atoms with van der Waals surface area (Å²) in [7, 11) is 0. The van der Waals surface area contributed by atoms with Crippen LogP contribution in [0.1, 0.15) is 41.6 Å². The molecule has 0 unspecified atom stereocenters. The lowest BCUT2D eigenvalue weighted by Gasteiger charge is -2.30. The molecule has 3 aromatic rings. The standard InChI is InChI=1S/C22H24F3N7O2/c1-2-17-28-29-21-27-20(26-10-13-4-3-5-14(18(13)23)19(24)25)15-11-31(12-16(15)32(17)21)22(33)30-6-8-34-9-7-30/h3-5,19H,2,6-12H2,1H3,(H,26,27,29). The molecule has 2 aliphatic heterocycles. The first-order valence-electron chi connectivity index (χ1n) is 11.1. The normalized spacial score (nSPS) is 15.9. The smallest absolute Gasteiger partial charge is 0.320 e. The molecule has 0 atom stereocenters. The zero-order chi connectivity index (χ0) is 23.8. The zero-order valence-electron chi connectivity index (χ0n) is 18.6. The highest BCUT2D eigenvalue weighted by Gasteiger charge is 2.33. The van der Waals surface area contributed by atoms with Crippen LogP contribution in [0.4, 0.5) is 23.8 Å². The number of nitrogens with zero attached hydrogens (tertiary/aromatic N) is 6. The number of halogens is 3. The number of fused-ring (bicyclic) bond motifs is 3. The Kier molecular flexibility index (Phi) is 5.98. The largest absolute Gasteiger partial charge is 0.378 e. The number of amides is 2. The second-order valence-electron chi connectivity index (χ2n) is 8.20. The Morgan fingerprint density at radius 2 is 1.97 bits per heavy atom. The molecule has 0 radical (unpaired) electrons. The van der Waals surface area contributed by atoms with Gasteiger partial charge in [-0.05, 0) is 0 Å². The number of aryl methyl sites for hydroxylation is 1. The zero-order valence-corrected chi connectivity index (χ0v) is 18.6. The summed E-state index contributed by atoms with van der Waals surface area (Å²) in [5.41, 5.74) is 1.07. The molecule has 9 nitrogen and oxygen atoms in total. The van der Waals surface area contributed by atoms with Crippen molar-refractivity contribution in [3.05, 3.63) is 52.2 Å². The van der Waals surface area contributed by atoms with E-state index in [1.807, 2.05) is 11.3 Å². The van der Waals surface area contributed by atoms with E-state index >= 15 is 0 Å². The number of aromatic nitrogens is 4. The Bertz CT molecular complexity index is 1230. The number of hydrogen-bond acceptors (Lipinski definition) is 6. The molecule has 1 aromatic carbocycles. The van der Waals surface area contributed by atoms with Gasteiger partial charge in [-0.3, -0.25) is 4.40 Å². The van der Waals surface area contributed by atoms with E-state index in [2.05, 4.69) is 20.5 Å². The fraction of sp³-hybridized carbons (Fsp3) is 0.455. The molecule has 0 aliphatic carbocycles. The van der Waals surface area contributed by atoms with Crippen molar-refractivity contribution in [2.45, 2.75) is 39.4 Å². The minimum atomic E-state index is -2.90. The summed E-state index contributed by atoms with van der Waals surface area (Å²) < 4.78 is 47.9. The number of nitrogens with one attached hydrogen (secondary N) is 1. The van der Waals surface area contributed by atoms with Gasteiger partial charge in [0.1, 0.15) is 17.5 Å². The quantitative estimate of drug-likeness (QED) is 0.610. The molecular weight excluding hydrogens is 451 g/mol. The Labute approximate surface area is 193 Å². The van der Waals surface area contributed by atoms with Gasteiger partial charge in [-0.25, -0.2) is 18.0 Å². The van der Waals surface area contributed by atoms with Crippen LogP contribution in [-0.2, 0) is 30.8 Å². The van der Waals surface area contributed by atoms with Crippen LogP contribution >= 0.6 is 0 Å². The third-order valence-electron chi connectivity index (χ3n) is 6.18. The van der Waals surface area contributed by atoms with E-state index in [-0.39, 0.29) is 18.1 Å². The monoisotopic (exact) mass is 475 g/mol. The fourth-order valence-corrected chi connectivity index (χ4v) is 4.40. The third-order valence-corrected chi connectivity index (χ3v) is 6.18. The molecule has 0 bridgehead atoms. The lowest BCUT2D eigenvalue weighted by molar-refractivity contribution is 0.0429. The van der Waals surface area contributed by atoms with Gasteiger partial charge < -0.3 is 19.9 Å². The van der Waals surface area contributed by atoms with Crippen molar-refractivity contribution >= 4 is 17.6 Å². The number of hydrogen-bond donors (Lipinski definition) is 1. The molecule has 34 heavy (non-hydrogen) atoms. The average Bonchev–Trinajstić information content (AvgIpc) is 3.47. The van der Waals surface area contributed by atoms with Gasteiger partial charge in [0.15, 0.2) is 0 Å². The van der Waals surface area contributed by atoms with Gasteiger partial charge in [0.25, 0.3) is 12.2 Å². The molecule has 180 valence electrons. The first kappa shape index (κ1) is 22.4. The van der Waals surface area contributed by atoms with Crippen LogP contribution in [0.25, 0.3) is 5.78 Å². The van der Waals surface area contributed by atoms with Crippen LogP contribution in [0, 0.1) is 5.82 Å². The molecule has 2 aliphatic rings. The molecule has 0 spiro atoms. The summed E-state index contributed by atoms with van der Waals surface area (Å²) in [6.07, 6.45) is -2.27. The molecule has 1 fully saturated rings. The van der Waals surface area contributed by atoms with Crippen LogP contribution in [0.15, 0.2) is 18.2 Å². The van der Waals surface area contributed by atoms with Gasteiger partial charge in [-0.15, -0.1) is 10.2 Å². The lowest BCUT2D eigenvalue weighted by Crippen LogP contribution is -2.46. The molecule has 2 amide bonds. The van der Waals surface area contributed by atoms with Gasteiger partial charge in [-0.2, -0.15) is 4.98 Å². The Morgan fingerprint density at radius 1 is 1.18 bits per heavy atom. The van der Waals surface area contributed by atoms with E-state index in [4.69, 9.17) is 4.74 Å². The van der Waals surface area contributed by atoms with Crippen molar-refractivity contribution in [2.75, 3.05) is 31.6 Å². The first-order chi connectivity index (χ1) is 16.5. The predicted octanol–water partition coefficient (Wildman–Crippen LogP) is 3.14. The number of anilines is 1. The molecule has 0 saturated carbocycles. The van der Waals surface area contributed by atoms with E-state index in [0.29, 0.717) is 57.4 Å². The minimum Gasteiger partial charge on any atom is -0.378 e. The second kappa shape index (κ2) is 9.09. The topological polar surface area (TPSA) is 87.9 Å². The third kappa shape index (κ3) is 3.91. The second-order valence-corrected chi connectivity index (χ2v) is 8.20. The van der Waals surface area contributed by atoms with E-state index in [1.165, 1.54) is 12.1 Å². The van der Waals surface area contributed by atoms with Gasteiger partial charge in [0.2, 0.25) is 0 Å². The van der Waals surface area contributed by atoms with Crippen LogP contribution in [-0.4, -0.2) is 61.7 Å². The van der Waals surface area contributed by atoms with Crippen molar-refractivity contribution in [3.8, 4) is 0 Å². The highest BCUT2D eigenvalue weighted by atomic mass is 19.3. The SMILES string of the molecule is CCc1nnc2nc(NCc3cccc(C(F)F)c3F)c3c(n12)CN(C(=O)N1CCOCC1)C3. The maximum absolute atomic E-state index is 14.5. The number of carbonyl (C=O) groups excluding carboxylic acids is 1. The molecule has 12 heteroatoms. The van der Waals surface area contributed by atoms with E-state index in [0.717, 1.165) is 23.1 Å². The van der Waals surface area contributed by atoms with Crippen molar-refractivity contribution in [1.29, 1.82) is 0 Å². The highest BCUT2D eigenvalue weighted by Crippen LogP contribution is 2.31. The molecule has 1 N–H and O–H groups in total. The van der Waals surface area contributed by atoms with Gasteiger partial charge in [0.05, 0.1) is 37.6 Å². The fourth-order valence-electron chi connectivity index (χ4n) is 4.40. The summed E-state index contributed by atoms with van der Waals surface area (Å²) in [5.74, 6) is 0.571. The lowest BCUT2D eigenvalue weighted by atomic mass is 10.1. The van der Waals surface area contributed by atoms with Crippen molar-refractivity contribution < 1.29 is 22.7 Å². The summed E-state index contributed by atoms with van der Waals surface area (Å²) in [6.45, 7) is 4.61. The summed E-state index contributed by atoms with van der Waals surface area (Å²) >= 11 is 0. The average molecular weight is 475 g/mol. The van der Waals surface area contributed by atoms with Gasteiger partial charge in [-0.1, -0.05) is 25.1 Å². The molecule has 2 aromatic heterocycles. The summed E-state index contributed by atoms with van der Waals surface area (Å²) in [5, 5.41) is 11.4. The number of morpholine rings is 1. The minimum absolute atomic E-state index is 0.0474. The van der Waals surface area contributed by atoms with E-state index < -0.39 is 17.8 Å². The molecule has 1 saturated heterocycles. The Hall–Kier alpha value is -3.41. The Balaban J connectivity index is 1.46. The van der Waals surface area contributed by atoms with Crippen molar-refractivity contribution in [2.24, 2.45) is 0 Å². The maximum Gasteiger partial charge on any atom is 0.320 e. The maximum atomic E-state index is 14.5. The highest BCUT2D eigenvalue weighted by molar-refractivity contribution is 5.76. The van der Waals surface area contributed by atoms with Crippen LogP contribution in [0.2, 0.25) is 0 Å². The van der Waals surface area contributed by atoms with Crippen LogP contribution in [0.5, 0.6) is 0 Å². The molecule has 4 heterocycles. The van der Waals surface area contributed by atoms with Crippen molar-refractivity contribution in [1.82, 2.24) is 29.4 Å². The van der Waals surface area contributed by atoms with E-state index in [1.54, 1.807) is 9.80 Å². The number of urea groups is 1. The van der Waals surface area contributed by atoms with Gasteiger partial charge in [0, 0.05) is 37.2 Å². The number of alkyl halides is 2. The number of ether oxygens (including phenoxy) is 1. The summed E-state index contributed by atoms with van der Waals surface area (Å²) in [4.78, 5) is 21.2. The van der Waals surface area contributed by atoms with Crippen molar-refractivity contribution in [3.63, 3.8) is 0 Å². The van der Waals surface area contributed by atoms with Crippen LogP contribution in [0.3, 0.4) is 0 Å². The summed E-state index contributed by atoms with van der Waals surface area (Å²) in [6, 6.07) is 3.83. The van der Waals surface area contributed by atoms with Crippen LogP contribution < -0.4 is 5.32 Å². The predicted molar refractivity (Wildman–Crippen MR) is 116 cm³/mol. The Morgan fingerprint density at radius 3 is 2.71 bits per heavy atom. The molecule has 5 rings (SSSR count). The number of carbonyl (C=O) groups is 1. The van der Waals surface area contributed by atoms with Gasteiger partial charge >= 0.3 is 6.03 Å². The first-order valence-corrected chi connectivity index (χ1v) is 11.1. The van der Waals surface area contributed by atoms with E-state index in [9.17, 15) is 18.0 Å².